The van der Waals surface area contributed by atoms with Gasteiger partial charge in [0.05, 0.1) is 11.4 Å². The van der Waals surface area contributed by atoms with E-state index in [4.69, 9.17) is 4.74 Å². The normalized spacial score (nSPS) is 13.6. The largest absolute Gasteiger partial charge is 0.473 e. The predicted molar refractivity (Wildman–Crippen MR) is 95.2 cm³/mol. The van der Waals surface area contributed by atoms with Crippen molar-refractivity contribution < 1.29 is 4.74 Å². The molecule has 0 N–H and O–H groups in total. The fraction of sp³-hybridized carbons (Fsp3) is 0.100. The number of para-hydroxylation sites is 1. The van der Waals surface area contributed by atoms with Gasteiger partial charge < -0.3 is 9.64 Å². The molecule has 0 unspecified atom stereocenters. The lowest BCUT2D eigenvalue weighted by Gasteiger charge is -2.30. The highest BCUT2D eigenvalue weighted by Crippen LogP contribution is 2.31. The second-order valence-electron chi connectivity index (χ2n) is 5.63. The number of fused-ring (bicyclic) bond motifs is 1. The molecule has 0 fully saturated rings. The van der Waals surface area contributed by atoms with Gasteiger partial charge in [-0.2, -0.15) is 10.2 Å². The monoisotopic (exact) mass is 315 g/mol. The van der Waals surface area contributed by atoms with Gasteiger partial charge in [-0.1, -0.05) is 36.4 Å². The molecule has 0 saturated heterocycles. The van der Waals surface area contributed by atoms with E-state index in [1.807, 2.05) is 66.7 Å². The van der Waals surface area contributed by atoms with Crippen LogP contribution in [0.25, 0.3) is 0 Å². The number of rotatable bonds is 3. The van der Waals surface area contributed by atoms with Crippen molar-refractivity contribution in [3.63, 3.8) is 0 Å². The summed E-state index contributed by atoms with van der Waals surface area (Å²) in [4.78, 5) is 2.19. The van der Waals surface area contributed by atoms with Crippen molar-refractivity contribution >= 4 is 17.1 Å². The summed E-state index contributed by atoms with van der Waals surface area (Å²) in [6, 6.07) is 25.9. The quantitative estimate of drug-likeness (QED) is 0.602. The number of nitrogens with zero attached hydrogens (tertiary/aromatic N) is 3. The molecule has 3 aromatic carbocycles. The summed E-state index contributed by atoms with van der Waals surface area (Å²) in [5, 5.41) is 8.61. The first kappa shape index (κ1) is 14.5. The van der Waals surface area contributed by atoms with Gasteiger partial charge in [0, 0.05) is 17.8 Å². The highest BCUT2D eigenvalue weighted by molar-refractivity contribution is 5.53. The summed E-state index contributed by atoms with van der Waals surface area (Å²) in [7, 11) is 0. The molecule has 0 saturated carbocycles. The van der Waals surface area contributed by atoms with E-state index in [1.165, 1.54) is 0 Å². The Kier molecular flexibility index (Phi) is 3.94. The van der Waals surface area contributed by atoms with E-state index >= 15 is 0 Å². The van der Waals surface area contributed by atoms with Crippen LogP contribution in [-0.4, -0.2) is 6.73 Å². The maximum absolute atomic E-state index is 5.86. The standard InChI is InChI=1S/C20H17N3O/c1-3-7-17(8-4-1)21-22-18-11-12-20-16(13-18)14-23(15-24-20)19-9-5-2-6-10-19/h1-13H,14-15H2. The van der Waals surface area contributed by atoms with Gasteiger partial charge in [0.2, 0.25) is 0 Å². The number of benzene rings is 3. The van der Waals surface area contributed by atoms with Crippen molar-refractivity contribution in [2.24, 2.45) is 10.2 Å². The van der Waals surface area contributed by atoms with Crippen LogP contribution in [0.5, 0.6) is 5.75 Å². The number of azo groups is 1. The average Bonchev–Trinajstić information content (AvgIpc) is 2.67. The van der Waals surface area contributed by atoms with E-state index in [0.29, 0.717) is 6.73 Å². The molecule has 3 aromatic rings. The highest BCUT2D eigenvalue weighted by atomic mass is 16.5. The van der Waals surface area contributed by atoms with Gasteiger partial charge in [-0.15, -0.1) is 0 Å². The van der Waals surface area contributed by atoms with Crippen LogP contribution in [-0.2, 0) is 6.54 Å². The first-order valence-corrected chi connectivity index (χ1v) is 7.91. The maximum atomic E-state index is 5.86. The third-order valence-corrected chi connectivity index (χ3v) is 3.94. The van der Waals surface area contributed by atoms with Gasteiger partial charge >= 0.3 is 0 Å². The number of hydrogen-bond acceptors (Lipinski definition) is 4. The van der Waals surface area contributed by atoms with Gasteiger partial charge in [-0.3, -0.25) is 0 Å². The Bertz CT molecular complexity index is 847. The van der Waals surface area contributed by atoms with Crippen LogP contribution < -0.4 is 9.64 Å². The van der Waals surface area contributed by atoms with Crippen LogP contribution in [0.15, 0.2) is 89.1 Å². The lowest BCUT2D eigenvalue weighted by molar-refractivity contribution is 0.289. The molecule has 0 atom stereocenters. The number of hydrogen-bond donors (Lipinski definition) is 0. The molecule has 1 aliphatic heterocycles. The van der Waals surface area contributed by atoms with Crippen molar-refractivity contribution in [1.82, 2.24) is 0 Å². The zero-order valence-electron chi connectivity index (χ0n) is 13.2. The van der Waals surface area contributed by atoms with Crippen LogP contribution in [0, 0.1) is 0 Å². The minimum absolute atomic E-state index is 0.557. The van der Waals surface area contributed by atoms with Crippen LogP contribution >= 0.6 is 0 Å². The molecule has 1 aliphatic rings. The van der Waals surface area contributed by atoms with E-state index in [2.05, 4.69) is 27.3 Å². The van der Waals surface area contributed by atoms with E-state index in [-0.39, 0.29) is 0 Å². The molecule has 0 spiro atoms. The van der Waals surface area contributed by atoms with Crippen LogP contribution in [0.1, 0.15) is 5.56 Å². The molecular formula is C20H17N3O. The molecule has 4 nitrogen and oxygen atoms in total. The molecule has 4 heteroatoms. The zero-order valence-corrected chi connectivity index (χ0v) is 13.2. The molecule has 0 aliphatic carbocycles. The second kappa shape index (κ2) is 6.54. The lowest BCUT2D eigenvalue weighted by Crippen LogP contribution is -2.31. The van der Waals surface area contributed by atoms with Crippen molar-refractivity contribution in [2.75, 3.05) is 11.6 Å². The van der Waals surface area contributed by atoms with Gasteiger partial charge in [-0.05, 0) is 42.5 Å². The van der Waals surface area contributed by atoms with Crippen LogP contribution in [0.2, 0.25) is 0 Å². The molecule has 0 radical (unpaired) electrons. The van der Waals surface area contributed by atoms with Crippen LogP contribution in [0.3, 0.4) is 0 Å². The topological polar surface area (TPSA) is 37.2 Å². The van der Waals surface area contributed by atoms with E-state index in [0.717, 1.165) is 34.9 Å². The van der Waals surface area contributed by atoms with Crippen molar-refractivity contribution in [1.29, 1.82) is 0 Å². The Hall–Kier alpha value is -3.14. The molecular weight excluding hydrogens is 298 g/mol. The lowest BCUT2D eigenvalue weighted by atomic mass is 10.1. The third kappa shape index (κ3) is 3.13. The average molecular weight is 315 g/mol. The number of ether oxygens (including phenoxy) is 1. The second-order valence-corrected chi connectivity index (χ2v) is 5.63. The molecule has 0 amide bonds. The fourth-order valence-corrected chi connectivity index (χ4v) is 2.71. The number of anilines is 1. The Morgan fingerprint density at radius 3 is 2.25 bits per heavy atom. The SMILES string of the molecule is c1ccc(N=Nc2ccc3c(c2)CN(c2ccccc2)CO3)cc1. The summed E-state index contributed by atoms with van der Waals surface area (Å²) in [5.74, 6) is 0.917. The van der Waals surface area contributed by atoms with Crippen LogP contribution in [0.4, 0.5) is 17.1 Å². The Balaban J connectivity index is 1.56. The van der Waals surface area contributed by atoms with Crippen molar-refractivity contribution in [3.8, 4) is 5.75 Å². The molecule has 4 rings (SSSR count). The Labute approximate surface area is 141 Å². The third-order valence-electron chi connectivity index (χ3n) is 3.94. The summed E-state index contributed by atoms with van der Waals surface area (Å²) >= 11 is 0. The van der Waals surface area contributed by atoms with E-state index in [9.17, 15) is 0 Å². The van der Waals surface area contributed by atoms with Gasteiger partial charge in [0.25, 0.3) is 0 Å². The maximum Gasteiger partial charge on any atom is 0.161 e. The fourth-order valence-electron chi connectivity index (χ4n) is 2.71. The first-order valence-electron chi connectivity index (χ1n) is 7.91. The summed E-state index contributed by atoms with van der Waals surface area (Å²) in [5.41, 5.74) is 3.95. The van der Waals surface area contributed by atoms with Gasteiger partial charge in [0.1, 0.15) is 5.75 Å². The summed E-state index contributed by atoms with van der Waals surface area (Å²) in [6.45, 7) is 1.36. The highest BCUT2D eigenvalue weighted by Gasteiger charge is 2.17. The van der Waals surface area contributed by atoms with Crippen molar-refractivity contribution in [2.45, 2.75) is 6.54 Å². The first-order chi connectivity index (χ1) is 11.9. The molecule has 118 valence electrons. The minimum atomic E-state index is 0.557. The molecule has 0 aromatic heterocycles. The van der Waals surface area contributed by atoms with Gasteiger partial charge in [-0.25, -0.2) is 0 Å². The summed E-state index contributed by atoms with van der Waals surface area (Å²) < 4.78 is 5.86. The van der Waals surface area contributed by atoms with Gasteiger partial charge in [0.15, 0.2) is 6.73 Å². The predicted octanol–water partition coefficient (Wildman–Crippen LogP) is 5.46. The Morgan fingerprint density at radius 1 is 0.750 bits per heavy atom. The van der Waals surface area contributed by atoms with E-state index < -0.39 is 0 Å². The molecule has 0 bridgehead atoms. The Morgan fingerprint density at radius 2 is 1.46 bits per heavy atom. The summed E-state index contributed by atoms with van der Waals surface area (Å²) in [6.07, 6.45) is 0. The minimum Gasteiger partial charge on any atom is -0.473 e. The smallest absolute Gasteiger partial charge is 0.161 e. The zero-order chi connectivity index (χ0) is 16.2. The van der Waals surface area contributed by atoms with Crippen molar-refractivity contribution in [3.05, 3.63) is 84.4 Å². The molecule has 24 heavy (non-hydrogen) atoms. The molecule has 1 heterocycles. The van der Waals surface area contributed by atoms with E-state index in [1.54, 1.807) is 0 Å².